The molecule has 104 valence electrons. The van der Waals surface area contributed by atoms with E-state index in [-0.39, 0.29) is 35.9 Å². The second-order valence-corrected chi connectivity index (χ2v) is 3.88. The Hall–Kier alpha value is -2.12. The SMILES string of the molecule is COC(CN)CC(=O)Nc1ccc(O)c(C(=O)O)c1. The molecule has 1 aromatic rings. The lowest BCUT2D eigenvalue weighted by Crippen LogP contribution is -2.28. The number of hydrogen-bond donors (Lipinski definition) is 4. The van der Waals surface area contributed by atoms with Gasteiger partial charge in [0.25, 0.3) is 0 Å². The Bertz CT molecular complexity index is 471. The summed E-state index contributed by atoms with van der Waals surface area (Å²) in [5.74, 6) is -1.98. The summed E-state index contributed by atoms with van der Waals surface area (Å²) in [6.07, 6.45) is -0.327. The van der Waals surface area contributed by atoms with Crippen molar-refractivity contribution in [1.29, 1.82) is 0 Å². The zero-order valence-corrected chi connectivity index (χ0v) is 10.4. The number of phenols is 1. The smallest absolute Gasteiger partial charge is 0.339 e. The third-order valence-electron chi connectivity index (χ3n) is 2.52. The van der Waals surface area contributed by atoms with Crippen LogP contribution in [0.15, 0.2) is 18.2 Å². The zero-order valence-electron chi connectivity index (χ0n) is 10.4. The van der Waals surface area contributed by atoms with Crippen LogP contribution in [0.1, 0.15) is 16.8 Å². The summed E-state index contributed by atoms with van der Waals surface area (Å²) in [5, 5.41) is 20.7. The van der Waals surface area contributed by atoms with Gasteiger partial charge in [-0.05, 0) is 18.2 Å². The molecule has 5 N–H and O–H groups in total. The zero-order chi connectivity index (χ0) is 14.4. The molecular formula is C12H16N2O5. The van der Waals surface area contributed by atoms with E-state index in [1.165, 1.54) is 25.3 Å². The number of rotatable bonds is 6. The molecule has 0 fully saturated rings. The first-order valence-corrected chi connectivity index (χ1v) is 5.57. The van der Waals surface area contributed by atoms with Gasteiger partial charge in [-0.2, -0.15) is 0 Å². The van der Waals surface area contributed by atoms with Crippen molar-refractivity contribution in [3.05, 3.63) is 23.8 Å². The van der Waals surface area contributed by atoms with E-state index in [0.29, 0.717) is 0 Å². The van der Waals surface area contributed by atoms with Crippen molar-refractivity contribution >= 4 is 17.6 Å². The highest BCUT2D eigenvalue weighted by Crippen LogP contribution is 2.21. The largest absolute Gasteiger partial charge is 0.507 e. The number of anilines is 1. The number of carboxylic acid groups (broad SMARTS) is 1. The third-order valence-corrected chi connectivity index (χ3v) is 2.52. The molecule has 7 nitrogen and oxygen atoms in total. The predicted octanol–water partition coefficient (Wildman–Crippen LogP) is 0.393. The maximum atomic E-state index is 11.7. The van der Waals surface area contributed by atoms with Crippen molar-refractivity contribution in [3.8, 4) is 5.75 Å². The predicted molar refractivity (Wildman–Crippen MR) is 68.2 cm³/mol. The first-order valence-electron chi connectivity index (χ1n) is 5.57. The number of carbonyl (C=O) groups excluding carboxylic acids is 1. The molecule has 0 aromatic heterocycles. The fourth-order valence-corrected chi connectivity index (χ4v) is 1.47. The molecule has 0 aliphatic heterocycles. The van der Waals surface area contributed by atoms with Gasteiger partial charge in [0.15, 0.2) is 0 Å². The van der Waals surface area contributed by atoms with Gasteiger partial charge in [0.1, 0.15) is 11.3 Å². The summed E-state index contributed by atoms with van der Waals surface area (Å²) >= 11 is 0. The van der Waals surface area contributed by atoms with Crippen molar-refractivity contribution in [1.82, 2.24) is 0 Å². The number of amides is 1. The summed E-state index contributed by atoms with van der Waals surface area (Å²) in [7, 11) is 1.45. The topological polar surface area (TPSA) is 122 Å². The number of carbonyl (C=O) groups is 2. The Morgan fingerprint density at radius 1 is 1.47 bits per heavy atom. The molecule has 1 rings (SSSR count). The van der Waals surface area contributed by atoms with E-state index in [2.05, 4.69) is 5.32 Å². The lowest BCUT2D eigenvalue weighted by atomic mass is 10.1. The number of nitrogens with one attached hydrogen (secondary N) is 1. The van der Waals surface area contributed by atoms with Crippen LogP contribution in [0.4, 0.5) is 5.69 Å². The highest BCUT2D eigenvalue weighted by molar-refractivity contribution is 5.95. The van der Waals surface area contributed by atoms with Gasteiger partial charge in [-0.3, -0.25) is 4.79 Å². The number of aromatic hydroxyl groups is 1. The van der Waals surface area contributed by atoms with Crippen LogP contribution in [0.5, 0.6) is 5.75 Å². The van der Waals surface area contributed by atoms with Crippen LogP contribution in [0.25, 0.3) is 0 Å². The molecule has 1 amide bonds. The average Bonchev–Trinajstić information content (AvgIpc) is 2.37. The Morgan fingerprint density at radius 2 is 2.16 bits per heavy atom. The average molecular weight is 268 g/mol. The highest BCUT2D eigenvalue weighted by Gasteiger charge is 2.14. The van der Waals surface area contributed by atoms with Crippen LogP contribution >= 0.6 is 0 Å². The van der Waals surface area contributed by atoms with E-state index in [4.69, 9.17) is 15.6 Å². The number of hydrogen-bond acceptors (Lipinski definition) is 5. The van der Waals surface area contributed by atoms with Gasteiger partial charge in [0, 0.05) is 19.3 Å². The second kappa shape index (κ2) is 6.72. The minimum Gasteiger partial charge on any atom is -0.507 e. The van der Waals surface area contributed by atoms with E-state index in [9.17, 15) is 14.7 Å². The number of ether oxygens (including phenoxy) is 1. The molecule has 0 saturated heterocycles. The van der Waals surface area contributed by atoms with Gasteiger partial charge in [0.2, 0.25) is 5.91 Å². The molecule has 19 heavy (non-hydrogen) atoms. The highest BCUT2D eigenvalue weighted by atomic mass is 16.5. The van der Waals surface area contributed by atoms with E-state index >= 15 is 0 Å². The number of benzene rings is 1. The maximum absolute atomic E-state index is 11.7. The van der Waals surface area contributed by atoms with Crippen molar-refractivity contribution in [2.45, 2.75) is 12.5 Å². The summed E-state index contributed by atoms with van der Waals surface area (Å²) < 4.78 is 4.97. The molecule has 0 spiro atoms. The molecule has 1 aromatic carbocycles. The number of aromatic carboxylic acids is 1. The Balaban J connectivity index is 2.74. The molecule has 0 heterocycles. The second-order valence-electron chi connectivity index (χ2n) is 3.88. The maximum Gasteiger partial charge on any atom is 0.339 e. The van der Waals surface area contributed by atoms with Crippen LogP contribution < -0.4 is 11.1 Å². The molecule has 0 saturated carbocycles. The molecule has 0 radical (unpaired) electrons. The molecule has 1 atom stereocenters. The first kappa shape index (κ1) is 14.9. The number of methoxy groups -OCH3 is 1. The van der Waals surface area contributed by atoms with E-state index in [1.807, 2.05) is 0 Å². The fourth-order valence-electron chi connectivity index (χ4n) is 1.47. The Morgan fingerprint density at radius 3 is 2.68 bits per heavy atom. The van der Waals surface area contributed by atoms with Crippen LogP contribution in [0.3, 0.4) is 0 Å². The lowest BCUT2D eigenvalue weighted by molar-refractivity contribution is -0.118. The summed E-state index contributed by atoms with van der Waals surface area (Å²) in [4.78, 5) is 22.5. The van der Waals surface area contributed by atoms with E-state index in [1.54, 1.807) is 0 Å². The van der Waals surface area contributed by atoms with Gasteiger partial charge in [0.05, 0.1) is 12.5 Å². The minimum atomic E-state index is -1.27. The normalized spacial score (nSPS) is 11.9. The van der Waals surface area contributed by atoms with Gasteiger partial charge >= 0.3 is 5.97 Å². The van der Waals surface area contributed by atoms with Crippen molar-refractivity contribution < 1.29 is 24.5 Å². The molecular weight excluding hydrogens is 252 g/mol. The quantitative estimate of drug-likeness (QED) is 0.554. The summed E-state index contributed by atoms with van der Waals surface area (Å²) in [6, 6.07) is 3.79. The summed E-state index contributed by atoms with van der Waals surface area (Å²) in [6.45, 7) is 0.208. The summed E-state index contributed by atoms with van der Waals surface area (Å²) in [5.41, 5.74) is 5.40. The molecule has 0 aliphatic carbocycles. The van der Waals surface area contributed by atoms with E-state index in [0.717, 1.165) is 0 Å². The van der Waals surface area contributed by atoms with Crippen LogP contribution in [-0.2, 0) is 9.53 Å². The first-order chi connectivity index (χ1) is 8.97. The van der Waals surface area contributed by atoms with Crippen LogP contribution in [0, 0.1) is 0 Å². The van der Waals surface area contributed by atoms with Gasteiger partial charge in [-0.25, -0.2) is 4.79 Å². The van der Waals surface area contributed by atoms with Gasteiger partial charge < -0.3 is 26.0 Å². The van der Waals surface area contributed by atoms with Gasteiger partial charge in [-0.15, -0.1) is 0 Å². The molecule has 7 heteroatoms. The minimum absolute atomic E-state index is 0.0658. The Labute approximate surface area is 110 Å². The van der Waals surface area contributed by atoms with Crippen LogP contribution in [-0.4, -0.2) is 41.8 Å². The molecule has 0 bridgehead atoms. The monoisotopic (exact) mass is 268 g/mol. The molecule has 0 aliphatic rings. The molecule has 1 unspecified atom stereocenters. The number of carboxylic acids is 1. The Kier molecular flexibility index (Phi) is 5.28. The standard InChI is InChI=1S/C12H16N2O5/c1-19-8(6-13)5-11(16)14-7-2-3-10(15)9(4-7)12(17)18/h2-4,8,15H,5-6,13H2,1H3,(H,14,16)(H,17,18). The fraction of sp³-hybridized carbons (Fsp3) is 0.333. The van der Waals surface area contributed by atoms with E-state index < -0.39 is 12.1 Å². The van der Waals surface area contributed by atoms with Crippen molar-refractivity contribution in [2.75, 3.05) is 19.0 Å². The van der Waals surface area contributed by atoms with Gasteiger partial charge in [-0.1, -0.05) is 0 Å². The third kappa shape index (κ3) is 4.23. The number of nitrogens with two attached hydrogens (primary N) is 1. The lowest BCUT2D eigenvalue weighted by Gasteiger charge is -2.13. The van der Waals surface area contributed by atoms with Crippen molar-refractivity contribution in [3.63, 3.8) is 0 Å². The van der Waals surface area contributed by atoms with Crippen LogP contribution in [0.2, 0.25) is 0 Å². The van der Waals surface area contributed by atoms with Crippen molar-refractivity contribution in [2.24, 2.45) is 5.73 Å².